The summed E-state index contributed by atoms with van der Waals surface area (Å²) < 4.78 is 5.12. The van der Waals surface area contributed by atoms with Gasteiger partial charge in [-0.2, -0.15) is 0 Å². The summed E-state index contributed by atoms with van der Waals surface area (Å²) in [5, 5.41) is 9.54. The highest BCUT2D eigenvalue weighted by Crippen LogP contribution is 2.44. The molecule has 3 rings (SSSR count). The van der Waals surface area contributed by atoms with Crippen molar-refractivity contribution < 1.29 is 14.6 Å². The highest BCUT2D eigenvalue weighted by atomic mass is 16.5. The molecule has 86 valence electrons. The third-order valence-electron chi connectivity index (χ3n) is 4.09. The maximum atomic E-state index is 12.4. The Kier molecular flexibility index (Phi) is 2.61. The van der Waals surface area contributed by atoms with Crippen LogP contribution in [-0.2, 0) is 9.53 Å². The maximum absolute atomic E-state index is 12.4. The molecule has 3 saturated heterocycles. The molecule has 0 aromatic rings. The number of ketones is 1. The topological polar surface area (TPSA) is 49.8 Å². The van der Waals surface area contributed by atoms with Crippen LogP contribution >= 0.6 is 0 Å². The van der Waals surface area contributed by atoms with Crippen LogP contribution in [0.5, 0.6) is 0 Å². The van der Waals surface area contributed by atoms with Gasteiger partial charge in [0.15, 0.2) is 5.78 Å². The molecule has 4 heteroatoms. The third kappa shape index (κ3) is 1.35. The van der Waals surface area contributed by atoms with Gasteiger partial charge in [-0.25, -0.2) is 0 Å². The standard InChI is InChI=1S/C11H19NO3/c1-10-3-5-12(6-4-10)11(7-13,8-15-2)9(10)14/h13H,3-8H2,1-2H3/t11-/m1/s1. The molecular formula is C11H19NO3. The van der Waals surface area contributed by atoms with Crippen molar-refractivity contribution in [2.45, 2.75) is 25.3 Å². The van der Waals surface area contributed by atoms with E-state index in [-0.39, 0.29) is 17.8 Å². The molecule has 2 bridgehead atoms. The van der Waals surface area contributed by atoms with Crippen LogP contribution in [0.3, 0.4) is 0 Å². The van der Waals surface area contributed by atoms with Crippen LogP contribution in [0, 0.1) is 5.41 Å². The molecule has 0 aromatic heterocycles. The summed E-state index contributed by atoms with van der Waals surface area (Å²) in [6, 6.07) is 0. The Morgan fingerprint density at radius 2 is 2.07 bits per heavy atom. The number of fused-ring (bicyclic) bond motifs is 3. The molecule has 0 unspecified atom stereocenters. The number of aliphatic hydroxyl groups is 1. The van der Waals surface area contributed by atoms with E-state index in [0.29, 0.717) is 6.61 Å². The van der Waals surface area contributed by atoms with Crippen LogP contribution in [-0.4, -0.2) is 54.7 Å². The van der Waals surface area contributed by atoms with Gasteiger partial charge in [-0.05, 0) is 12.8 Å². The van der Waals surface area contributed by atoms with Crippen LogP contribution in [0.4, 0.5) is 0 Å². The number of hydrogen-bond acceptors (Lipinski definition) is 4. The Balaban J connectivity index is 2.34. The van der Waals surface area contributed by atoms with E-state index in [1.165, 1.54) is 0 Å². The molecule has 3 aliphatic heterocycles. The van der Waals surface area contributed by atoms with E-state index in [2.05, 4.69) is 4.90 Å². The van der Waals surface area contributed by atoms with E-state index in [4.69, 9.17) is 4.74 Å². The number of piperidine rings is 3. The number of carbonyl (C=O) groups is 1. The lowest BCUT2D eigenvalue weighted by Crippen LogP contribution is -2.71. The van der Waals surface area contributed by atoms with Gasteiger partial charge in [0.05, 0.1) is 13.2 Å². The molecule has 1 atom stereocenters. The van der Waals surface area contributed by atoms with Gasteiger partial charge in [-0.3, -0.25) is 9.69 Å². The van der Waals surface area contributed by atoms with Crippen LogP contribution in [0.15, 0.2) is 0 Å². The summed E-state index contributed by atoms with van der Waals surface area (Å²) >= 11 is 0. The van der Waals surface area contributed by atoms with Gasteiger partial charge >= 0.3 is 0 Å². The molecule has 3 aliphatic rings. The van der Waals surface area contributed by atoms with Gasteiger partial charge in [0.25, 0.3) is 0 Å². The van der Waals surface area contributed by atoms with E-state index in [1.807, 2.05) is 6.92 Å². The van der Waals surface area contributed by atoms with Crippen LogP contribution in [0.25, 0.3) is 0 Å². The minimum atomic E-state index is -0.764. The zero-order chi connectivity index (χ0) is 11.1. The fourth-order valence-electron chi connectivity index (χ4n) is 2.97. The van der Waals surface area contributed by atoms with Gasteiger partial charge < -0.3 is 9.84 Å². The quantitative estimate of drug-likeness (QED) is 0.719. The average molecular weight is 213 g/mol. The summed E-state index contributed by atoms with van der Waals surface area (Å²) in [5.41, 5.74) is -1.00. The molecule has 3 heterocycles. The fraction of sp³-hybridized carbons (Fsp3) is 0.909. The molecule has 0 spiro atoms. The fourth-order valence-corrected chi connectivity index (χ4v) is 2.97. The zero-order valence-electron chi connectivity index (χ0n) is 9.45. The van der Waals surface area contributed by atoms with Crippen molar-refractivity contribution in [2.24, 2.45) is 5.41 Å². The van der Waals surface area contributed by atoms with Crippen molar-refractivity contribution >= 4 is 5.78 Å². The van der Waals surface area contributed by atoms with E-state index in [1.54, 1.807) is 7.11 Å². The molecular weight excluding hydrogens is 194 g/mol. The monoisotopic (exact) mass is 213 g/mol. The predicted molar refractivity (Wildman–Crippen MR) is 55.6 cm³/mol. The third-order valence-corrected chi connectivity index (χ3v) is 4.09. The van der Waals surface area contributed by atoms with Crippen LogP contribution < -0.4 is 0 Å². The smallest absolute Gasteiger partial charge is 0.163 e. The van der Waals surface area contributed by atoms with Crippen molar-refractivity contribution in [3.63, 3.8) is 0 Å². The summed E-state index contributed by atoms with van der Waals surface area (Å²) in [6.07, 6.45) is 1.83. The summed E-state index contributed by atoms with van der Waals surface area (Å²) in [7, 11) is 1.58. The minimum Gasteiger partial charge on any atom is -0.394 e. The first kappa shape index (κ1) is 11.0. The number of carbonyl (C=O) groups excluding carboxylic acids is 1. The van der Waals surface area contributed by atoms with Crippen LogP contribution in [0.2, 0.25) is 0 Å². The van der Waals surface area contributed by atoms with Gasteiger partial charge in [0.2, 0.25) is 0 Å². The number of hydrogen-bond donors (Lipinski definition) is 1. The first-order valence-electron chi connectivity index (χ1n) is 5.49. The molecule has 0 saturated carbocycles. The van der Waals surface area contributed by atoms with E-state index in [0.717, 1.165) is 25.9 Å². The maximum Gasteiger partial charge on any atom is 0.163 e. The second kappa shape index (κ2) is 3.54. The van der Waals surface area contributed by atoms with Gasteiger partial charge in [-0.15, -0.1) is 0 Å². The summed E-state index contributed by atoms with van der Waals surface area (Å²) in [6.45, 7) is 3.98. The first-order chi connectivity index (χ1) is 7.09. The molecule has 0 amide bonds. The highest BCUT2D eigenvalue weighted by Gasteiger charge is 2.58. The second-order valence-corrected chi connectivity index (χ2v) is 5.00. The molecule has 0 aromatic carbocycles. The Labute approximate surface area is 90.2 Å². The Bertz CT molecular complexity index is 271. The van der Waals surface area contributed by atoms with Crippen molar-refractivity contribution in [2.75, 3.05) is 33.4 Å². The first-order valence-corrected chi connectivity index (χ1v) is 5.49. The van der Waals surface area contributed by atoms with Crippen molar-refractivity contribution in [1.82, 2.24) is 4.90 Å². The molecule has 0 radical (unpaired) electrons. The van der Waals surface area contributed by atoms with Crippen LogP contribution in [0.1, 0.15) is 19.8 Å². The SMILES string of the molecule is COC[C@]1(CO)C(=O)C2(C)CCN1CC2. The molecule has 1 N–H and O–H groups in total. The molecule has 0 aliphatic carbocycles. The highest BCUT2D eigenvalue weighted by molar-refractivity contribution is 5.95. The molecule has 15 heavy (non-hydrogen) atoms. The lowest BCUT2D eigenvalue weighted by Gasteiger charge is -2.56. The molecule has 3 fully saturated rings. The predicted octanol–water partition coefficient (Wildman–Crippen LogP) is 0.0487. The number of aliphatic hydroxyl groups excluding tert-OH is 1. The van der Waals surface area contributed by atoms with Crippen molar-refractivity contribution in [1.29, 1.82) is 0 Å². The number of Topliss-reactive ketones (excluding diaryl/α,β-unsaturated/α-hetero) is 1. The lowest BCUT2D eigenvalue weighted by atomic mass is 9.64. The largest absolute Gasteiger partial charge is 0.394 e. The van der Waals surface area contributed by atoms with E-state index in [9.17, 15) is 9.90 Å². The van der Waals surface area contributed by atoms with Gasteiger partial charge in [0, 0.05) is 25.6 Å². The summed E-state index contributed by atoms with van der Waals surface area (Å²) in [5.74, 6) is 0.164. The number of ether oxygens (including phenoxy) is 1. The normalized spacial score (nSPS) is 44.7. The zero-order valence-corrected chi connectivity index (χ0v) is 9.45. The van der Waals surface area contributed by atoms with E-state index >= 15 is 0 Å². The second-order valence-electron chi connectivity index (χ2n) is 5.00. The number of methoxy groups -OCH3 is 1. The lowest BCUT2D eigenvalue weighted by molar-refractivity contribution is -0.169. The summed E-state index contributed by atoms with van der Waals surface area (Å²) in [4.78, 5) is 14.5. The average Bonchev–Trinajstić information content (AvgIpc) is 2.25. The van der Waals surface area contributed by atoms with Crippen molar-refractivity contribution in [3.8, 4) is 0 Å². The van der Waals surface area contributed by atoms with Gasteiger partial charge in [0.1, 0.15) is 5.54 Å². The minimum absolute atomic E-state index is 0.130. The Morgan fingerprint density at radius 1 is 1.47 bits per heavy atom. The van der Waals surface area contributed by atoms with Gasteiger partial charge in [-0.1, -0.05) is 6.92 Å². The molecule has 4 nitrogen and oxygen atoms in total. The van der Waals surface area contributed by atoms with Crippen molar-refractivity contribution in [3.05, 3.63) is 0 Å². The Hall–Kier alpha value is -0.450. The number of nitrogens with zero attached hydrogens (tertiary/aromatic N) is 1. The van der Waals surface area contributed by atoms with E-state index < -0.39 is 5.54 Å². The number of rotatable bonds is 3. The Morgan fingerprint density at radius 3 is 2.53 bits per heavy atom.